The Kier molecular flexibility index (Phi) is 5.61. The first-order chi connectivity index (χ1) is 20.8. The highest BCUT2D eigenvalue weighted by molar-refractivity contribution is 6.27. The van der Waals surface area contributed by atoms with Gasteiger partial charge in [0, 0.05) is 22.1 Å². The van der Waals surface area contributed by atoms with Gasteiger partial charge in [-0.2, -0.15) is 0 Å². The predicted octanol–water partition coefficient (Wildman–Crippen LogP) is 10.2. The van der Waals surface area contributed by atoms with E-state index in [1.807, 2.05) is 12.1 Å². The lowest BCUT2D eigenvalue weighted by molar-refractivity contribution is 0.154. The Hall–Kier alpha value is -5.34. The summed E-state index contributed by atoms with van der Waals surface area (Å²) in [6.07, 6.45) is 4.45. The molecule has 1 aliphatic rings. The summed E-state index contributed by atoms with van der Waals surface area (Å²) in [5.74, 6) is 1.48. The van der Waals surface area contributed by atoms with E-state index in [4.69, 9.17) is 9.47 Å². The van der Waals surface area contributed by atoms with Crippen LogP contribution in [0.3, 0.4) is 0 Å². The lowest BCUT2D eigenvalue weighted by Crippen LogP contribution is -2.34. The number of methoxy groups -OCH3 is 1. The molecule has 0 N–H and O–H groups in total. The van der Waals surface area contributed by atoms with E-state index < -0.39 is 5.60 Å². The second kappa shape index (κ2) is 9.64. The van der Waals surface area contributed by atoms with Crippen molar-refractivity contribution in [2.24, 2.45) is 0 Å². The molecule has 0 saturated heterocycles. The third-order valence-electron chi connectivity index (χ3n) is 8.58. The summed E-state index contributed by atoms with van der Waals surface area (Å²) in [4.78, 5) is 0. The molecule has 0 radical (unpaired) electrons. The van der Waals surface area contributed by atoms with E-state index in [0.29, 0.717) is 0 Å². The van der Waals surface area contributed by atoms with Crippen LogP contribution in [-0.2, 0) is 5.60 Å². The van der Waals surface area contributed by atoms with Gasteiger partial charge in [0.15, 0.2) is 17.1 Å². The number of hydrogen-bond donors (Lipinski definition) is 0. The van der Waals surface area contributed by atoms with Gasteiger partial charge in [0.2, 0.25) is 0 Å². The Morgan fingerprint density at radius 3 is 1.71 bits per heavy atom. The van der Waals surface area contributed by atoms with Gasteiger partial charge in [-0.05, 0) is 56.3 Å². The summed E-state index contributed by atoms with van der Waals surface area (Å²) in [6.45, 7) is 0. The highest BCUT2D eigenvalue weighted by Crippen LogP contribution is 2.51. The first kappa shape index (κ1) is 24.5. The molecule has 8 rings (SSSR count). The third-order valence-corrected chi connectivity index (χ3v) is 8.58. The number of hydrogen-bond acceptors (Lipinski definition) is 2. The zero-order valence-corrected chi connectivity index (χ0v) is 23.3. The van der Waals surface area contributed by atoms with Gasteiger partial charge in [-0.1, -0.05) is 133 Å². The molecule has 0 bridgehead atoms. The zero-order valence-electron chi connectivity index (χ0n) is 23.3. The summed E-state index contributed by atoms with van der Waals surface area (Å²) >= 11 is 0. The van der Waals surface area contributed by atoms with Crippen molar-refractivity contribution >= 4 is 38.4 Å². The summed E-state index contributed by atoms with van der Waals surface area (Å²) in [5.41, 5.74) is 4.70. The van der Waals surface area contributed by atoms with Crippen molar-refractivity contribution in [1.82, 2.24) is 0 Å². The maximum Gasteiger partial charge on any atom is 0.178 e. The highest BCUT2D eigenvalue weighted by atomic mass is 16.5. The van der Waals surface area contributed by atoms with Gasteiger partial charge in [-0.25, -0.2) is 0 Å². The predicted molar refractivity (Wildman–Crippen MR) is 174 cm³/mol. The molecule has 0 aromatic heterocycles. The molecular formula is C40H28O2. The molecule has 1 atom stereocenters. The molecule has 42 heavy (non-hydrogen) atoms. The third kappa shape index (κ3) is 3.65. The van der Waals surface area contributed by atoms with Crippen LogP contribution in [0.25, 0.3) is 49.5 Å². The van der Waals surface area contributed by atoms with Crippen LogP contribution >= 0.6 is 0 Å². The van der Waals surface area contributed by atoms with E-state index >= 15 is 0 Å². The minimum absolute atomic E-state index is 0.725. The topological polar surface area (TPSA) is 18.5 Å². The van der Waals surface area contributed by atoms with Gasteiger partial charge in [0.25, 0.3) is 0 Å². The molecule has 7 aromatic carbocycles. The number of benzene rings is 7. The van der Waals surface area contributed by atoms with Gasteiger partial charge in [0.1, 0.15) is 0 Å². The summed E-state index contributed by atoms with van der Waals surface area (Å²) in [6, 6.07) is 49.1. The van der Waals surface area contributed by atoms with Crippen molar-refractivity contribution in [3.63, 3.8) is 0 Å². The highest BCUT2D eigenvalue weighted by Gasteiger charge is 2.39. The molecule has 0 spiro atoms. The molecule has 2 nitrogen and oxygen atoms in total. The lowest BCUT2D eigenvalue weighted by atomic mass is 9.82. The maximum absolute atomic E-state index is 7.22. The molecule has 200 valence electrons. The summed E-state index contributed by atoms with van der Waals surface area (Å²) < 4.78 is 13.3. The smallest absolute Gasteiger partial charge is 0.178 e. The van der Waals surface area contributed by atoms with Crippen LogP contribution in [0.1, 0.15) is 16.7 Å². The van der Waals surface area contributed by atoms with Gasteiger partial charge < -0.3 is 9.47 Å². The van der Waals surface area contributed by atoms with Crippen LogP contribution in [0.2, 0.25) is 0 Å². The minimum atomic E-state index is -0.822. The second-order valence-electron chi connectivity index (χ2n) is 10.8. The van der Waals surface area contributed by atoms with Gasteiger partial charge in [-0.15, -0.1) is 0 Å². The Bertz CT molecular complexity index is 2130. The second-order valence-corrected chi connectivity index (χ2v) is 10.8. The van der Waals surface area contributed by atoms with Crippen LogP contribution in [0.15, 0.2) is 146 Å². The van der Waals surface area contributed by atoms with Gasteiger partial charge >= 0.3 is 0 Å². The van der Waals surface area contributed by atoms with Crippen molar-refractivity contribution in [2.75, 3.05) is 7.11 Å². The Morgan fingerprint density at radius 1 is 0.524 bits per heavy atom. The fourth-order valence-corrected chi connectivity index (χ4v) is 6.57. The molecule has 1 aliphatic heterocycles. The summed E-state index contributed by atoms with van der Waals surface area (Å²) in [7, 11) is 1.73. The SMILES string of the molecule is COc1cc2c3ccccc3c3ccccc3c2c2c1OC(c1ccccc1)(c1ccc(-c3ccccc3)cc1)C=C2. The average Bonchev–Trinajstić information content (AvgIpc) is 3.08. The molecule has 1 unspecified atom stereocenters. The largest absolute Gasteiger partial charge is 0.493 e. The number of fused-ring (bicyclic) bond motifs is 8. The fourth-order valence-electron chi connectivity index (χ4n) is 6.57. The minimum Gasteiger partial charge on any atom is -0.493 e. The standard InChI is InChI=1S/C40H28O2/c1-41-37-26-36-33-18-9-8-16-31(33)32-17-10-11-19-34(32)38(36)35-24-25-40(42-39(35)37,29-14-6-3-7-15-29)30-22-20-28(21-23-30)27-12-4-2-5-13-27/h2-26H,1H3. The Labute approximate surface area is 245 Å². The summed E-state index contributed by atoms with van der Waals surface area (Å²) in [5, 5.41) is 7.22. The van der Waals surface area contributed by atoms with Gasteiger partial charge in [0.05, 0.1) is 7.11 Å². The average molecular weight is 541 g/mol. The van der Waals surface area contributed by atoms with Crippen LogP contribution in [-0.4, -0.2) is 7.11 Å². The van der Waals surface area contributed by atoms with Crippen LogP contribution in [0, 0.1) is 0 Å². The normalized spacial score (nSPS) is 15.9. The first-order valence-electron chi connectivity index (χ1n) is 14.3. The van der Waals surface area contributed by atoms with Crippen molar-refractivity contribution in [2.45, 2.75) is 5.60 Å². The maximum atomic E-state index is 7.22. The molecule has 1 heterocycles. The van der Waals surface area contributed by atoms with Crippen LogP contribution < -0.4 is 9.47 Å². The molecular weight excluding hydrogens is 512 g/mol. The van der Waals surface area contributed by atoms with E-state index in [2.05, 4.69) is 140 Å². The van der Waals surface area contributed by atoms with E-state index in [9.17, 15) is 0 Å². The quantitative estimate of drug-likeness (QED) is 0.207. The van der Waals surface area contributed by atoms with E-state index in [1.54, 1.807) is 7.11 Å². The van der Waals surface area contributed by atoms with E-state index in [-0.39, 0.29) is 0 Å². The fraction of sp³-hybridized carbons (Fsp3) is 0.0500. The van der Waals surface area contributed by atoms with Crippen LogP contribution in [0.5, 0.6) is 11.5 Å². The van der Waals surface area contributed by atoms with Crippen LogP contribution in [0.4, 0.5) is 0 Å². The molecule has 2 heteroatoms. The lowest BCUT2D eigenvalue weighted by Gasteiger charge is -2.37. The Morgan fingerprint density at radius 2 is 1.05 bits per heavy atom. The van der Waals surface area contributed by atoms with Crippen molar-refractivity contribution in [3.05, 3.63) is 162 Å². The Balaban J connectivity index is 1.39. The first-order valence-corrected chi connectivity index (χ1v) is 14.3. The molecule has 7 aromatic rings. The number of ether oxygens (including phenoxy) is 2. The number of rotatable bonds is 4. The van der Waals surface area contributed by atoms with E-state index in [1.165, 1.54) is 38.1 Å². The zero-order chi connectivity index (χ0) is 28.1. The molecule has 0 aliphatic carbocycles. The monoisotopic (exact) mass is 540 g/mol. The van der Waals surface area contributed by atoms with Crippen molar-refractivity contribution < 1.29 is 9.47 Å². The molecule has 0 amide bonds. The van der Waals surface area contributed by atoms with E-state index in [0.717, 1.165) is 33.6 Å². The van der Waals surface area contributed by atoms with Crippen molar-refractivity contribution in [3.8, 4) is 22.6 Å². The van der Waals surface area contributed by atoms with Crippen molar-refractivity contribution in [1.29, 1.82) is 0 Å². The molecule has 0 saturated carbocycles. The molecule has 0 fully saturated rings. The van der Waals surface area contributed by atoms with Gasteiger partial charge in [-0.3, -0.25) is 0 Å².